The molecule has 3 aromatic rings. The van der Waals surface area contributed by atoms with Gasteiger partial charge in [-0.2, -0.15) is 0 Å². The van der Waals surface area contributed by atoms with E-state index in [-0.39, 0.29) is 18.3 Å². The van der Waals surface area contributed by atoms with Crippen LogP contribution in [0.1, 0.15) is 5.82 Å². The minimum absolute atomic E-state index is 0.0806. The summed E-state index contributed by atoms with van der Waals surface area (Å²) in [5, 5.41) is 3.10. The van der Waals surface area contributed by atoms with E-state index >= 15 is 0 Å². The van der Waals surface area contributed by atoms with Gasteiger partial charge >= 0.3 is 0 Å². The van der Waals surface area contributed by atoms with Gasteiger partial charge in [0.1, 0.15) is 11.6 Å². The lowest BCUT2D eigenvalue weighted by Crippen LogP contribution is -2.39. The molecule has 0 spiro atoms. The van der Waals surface area contributed by atoms with E-state index < -0.39 is 16.3 Å². The fraction of sp³-hybridized carbons (Fsp3) is 0.435. The summed E-state index contributed by atoms with van der Waals surface area (Å²) >= 11 is 0. The summed E-state index contributed by atoms with van der Waals surface area (Å²) in [5.41, 5.74) is 2.59. The van der Waals surface area contributed by atoms with Crippen molar-refractivity contribution in [3.05, 3.63) is 48.2 Å². The first-order valence-corrected chi connectivity index (χ1v) is 13.3. The van der Waals surface area contributed by atoms with Crippen molar-refractivity contribution in [2.45, 2.75) is 12.7 Å². The topological polar surface area (TPSA) is 140 Å². The Hall–Kier alpha value is -2.97. The van der Waals surface area contributed by atoms with Gasteiger partial charge in [0.15, 0.2) is 6.29 Å². The number of anilines is 1. The SMILES string of the molecule is COCCNc1nccc(-c2[nH]c(CC3OCC(CNS(C)(=O)=O)CO3)nc2-c2ccc(F)cc2)n1. The number of benzene rings is 1. The van der Waals surface area contributed by atoms with Crippen LogP contribution in [0.15, 0.2) is 36.5 Å². The first-order valence-electron chi connectivity index (χ1n) is 11.4. The summed E-state index contributed by atoms with van der Waals surface area (Å²) in [7, 11) is -1.66. The molecule has 1 aliphatic rings. The fourth-order valence-corrected chi connectivity index (χ4v) is 4.15. The van der Waals surface area contributed by atoms with Crippen LogP contribution in [-0.2, 0) is 30.7 Å². The third kappa shape index (κ3) is 7.27. The number of sulfonamides is 1. The van der Waals surface area contributed by atoms with E-state index in [9.17, 15) is 12.8 Å². The molecule has 0 radical (unpaired) electrons. The highest BCUT2D eigenvalue weighted by Gasteiger charge is 2.25. The highest BCUT2D eigenvalue weighted by molar-refractivity contribution is 7.88. The van der Waals surface area contributed by atoms with Crippen LogP contribution in [0.5, 0.6) is 0 Å². The average molecular weight is 521 g/mol. The van der Waals surface area contributed by atoms with Crippen LogP contribution in [0.4, 0.5) is 10.3 Å². The normalized spacial score (nSPS) is 18.3. The molecule has 3 N–H and O–H groups in total. The lowest BCUT2D eigenvalue weighted by atomic mass is 10.1. The van der Waals surface area contributed by atoms with E-state index in [1.165, 1.54) is 12.1 Å². The predicted octanol–water partition coefficient (Wildman–Crippen LogP) is 1.81. The average Bonchev–Trinajstić information content (AvgIpc) is 3.28. The number of methoxy groups -OCH3 is 1. The zero-order valence-corrected chi connectivity index (χ0v) is 20.8. The maximum Gasteiger partial charge on any atom is 0.223 e. The number of hydrogen-bond donors (Lipinski definition) is 3. The molecule has 0 atom stereocenters. The highest BCUT2D eigenvalue weighted by Crippen LogP contribution is 2.30. The lowest BCUT2D eigenvalue weighted by Gasteiger charge is -2.28. The Morgan fingerprint density at radius 1 is 1.17 bits per heavy atom. The molecular formula is C23H29FN6O5S. The van der Waals surface area contributed by atoms with Crippen LogP contribution in [-0.4, -0.2) is 80.9 Å². The number of imidazole rings is 1. The molecule has 1 aliphatic heterocycles. The predicted molar refractivity (Wildman–Crippen MR) is 131 cm³/mol. The molecule has 194 valence electrons. The Morgan fingerprint density at radius 2 is 1.92 bits per heavy atom. The number of nitrogens with one attached hydrogen (secondary N) is 3. The van der Waals surface area contributed by atoms with Crippen molar-refractivity contribution in [3.63, 3.8) is 0 Å². The molecule has 13 heteroatoms. The van der Waals surface area contributed by atoms with Crippen molar-refractivity contribution in [3.8, 4) is 22.6 Å². The van der Waals surface area contributed by atoms with E-state index in [0.29, 0.717) is 61.6 Å². The van der Waals surface area contributed by atoms with Crippen LogP contribution >= 0.6 is 0 Å². The van der Waals surface area contributed by atoms with Gasteiger partial charge in [-0.25, -0.2) is 32.5 Å². The van der Waals surface area contributed by atoms with E-state index in [4.69, 9.17) is 19.2 Å². The van der Waals surface area contributed by atoms with Gasteiger partial charge in [0, 0.05) is 37.9 Å². The fourth-order valence-electron chi connectivity index (χ4n) is 3.61. The molecule has 2 aromatic heterocycles. The molecule has 0 bridgehead atoms. The Balaban J connectivity index is 1.52. The molecular weight excluding hydrogens is 491 g/mol. The van der Waals surface area contributed by atoms with Gasteiger partial charge in [0.2, 0.25) is 16.0 Å². The molecule has 0 aliphatic carbocycles. The van der Waals surface area contributed by atoms with Crippen LogP contribution in [0, 0.1) is 11.7 Å². The molecule has 3 heterocycles. The number of H-pyrrole nitrogens is 1. The maximum absolute atomic E-state index is 13.6. The largest absolute Gasteiger partial charge is 0.383 e. The summed E-state index contributed by atoms with van der Waals surface area (Å²) in [6, 6.07) is 7.83. The molecule has 36 heavy (non-hydrogen) atoms. The highest BCUT2D eigenvalue weighted by atomic mass is 32.2. The smallest absolute Gasteiger partial charge is 0.223 e. The molecule has 0 unspecified atom stereocenters. The summed E-state index contributed by atoms with van der Waals surface area (Å²) in [5.74, 6) is 0.627. The Kier molecular flexibility index (Phi) is 8.59. The molecule has 4 rings (SSSR count). The Bertz CT molecular complexity index is 1250. The van der Waals surface area contributed by atoms with Crippen LogP contribution < -0.4 is 10.0 Å². The number of rotatable bonds is 11. The number of hydrogen-bond acceptors (Lipinski definition) is 9. The first kappa shape index (κ1) is 26.1. The van der Waals surface area contributed by atoms with Gasteiger partial charge in [-0.3, -0.25) is 0 Å². The molecule has 1 saturated heterocycles. The minimum atomic E-state index is -3.27. The van der Waals surface area contributed by atoms with Gasteiger partial charge in [-0.05, 0) is 30.3 Å². The van der Waals surface area contributed by atoms with Crippen molar-refractivity contribution in [1.29, 1.82) is 0 Å². The number of ether oxygens (including phenoxy) is 3. The quantitative estimate of drug-likeness (QED) is 0.323. The standard InChI is InChI=1S/C23H29FN6O5S/c1-33-10-9-26-23-25-8-7-18(28-23)22-21(16-3-5-17(24)6-4-16)29-19(30-22)11-20-34-13-15(14-35-20)12-27-36(2,31)32/h3-8,15,20,27H,9-14H2,1-2H3,(H,29,30)(H,25,26,28). The molecule has 11 nitrogen and oxygen atoms in total. The maximum atomic E-state index is 13.6. The second-order valence-corrected chi connectivity index (χ2v) is 10.2. The third-order valence-electron chi connectivity index (χ3n) is 5.40. The summed E-state index contributed by atoms with van der Waals surface area (Å²) in [6.45, 7) is 2.02. The molecule has 1 aromatic carbocycles. The summed E-state index contributed by atoms with van der Waals surface area (Å²) in [6.07, 6.45) is 2.55. The van der Waals surface area contributed by atoms with Crippen molar-refractivity contribution in [2.24, 2.45) is 5.92 Å². The Labute approximate surface area is 208 Å². The van der Waals surface area contributed by atoms with Crippen molar-refractivity contribution < 1.29 is 27.0 Å². The van der Waals surface area contributed by atoms with Crippen LogP contribution in [0.25, 0.3) is 22.6 Å². The van der Waals surface area contributed by atoms with E-state index in [1.54, 1.807) is 31.5 Å². The zero-order chi connectivity index (χ0) is 25.5. The Morgan fingerprint density at radius 3 is 2.61 bits per heavy atom. The summed E-state index contributed by atoms with van der Waals surface area (Å²) < 4.78 is 55.3. The second-order valence-electron chi connectivity index (χ2n) is 8.39. The molecule has 0 saturated carbocycles. The number of aromatic nitrogens is 4. The van der Waals surface area contributed by atoms with Crippen molar-refractivity contribution in [2.75, 3.05) is 51.6 Å². The second kappa shape index (κ2) is 11.8. The minimum Gasteiger partial charge on any atom is -0.383 e. The van der Waals surface area contributed by atoms with Gasteiger partial charge in [0.05, 0.1) is 49.6 Å². The monoisotopic (exact) mass is 520 g/mol. The summed E-state index contributed by atoms with van der Waals surface area (Å²) in [4.78, 5) is 16.9. The number of nitrogens with zero attached hydrogens (tertiary/aromatic N) is 3. The van der Waals surface area contributed by atoms with E-state index in [2.05, 4.69) is 25.0 Å². The lowest BCUT2D eigenvalue weighted by molar-refractivity contribution is -0.198. The number of aromatic amines is 1. The zero-order valence-electron chi connectivity index (χ0n) is 20.0. The van der Waals surface area contributed by atoms with Gasteiger partial charge in [-0.15, -0.1) is 0 Å². The van der Waals surface area contributed by atoms with E-state index in [0.717, 1.165) is 11.8 Å². The first-order chi connectivity index (χ1) is 17.3. The van der Waals surface area contributed by atoms with Gasteiger partial charge in [-0.1, -0.05) is 0 Å². The van der Waals surface area contributed by atoms with Crippen LogP contribution in [0.3, 0.4) is 0 Å². The molecule has 1 fully saturated rings. The van der Waals surface area contributed by atoms with E-state index in [1.807, 2.05) is 0 Å². The van der Waals surface area contributed by atoms with Crippen molar-refractivity contribution in [1.82, 2.24) is 24.7 Å². The van der Waals surface area contributed by atoms with Gasteiger partial charge < -0.3 is 24.5 Å². The van der Waals surface area contributed by atoms with Crippen LogP contribution in [0.2, 0.25) is 0 Å². The van der Waals surface area contributed by atoms with Gasteiger partial charge in [0.25, 0.3) is 0 Å². The number of halogens is 1. The molecule has 0 amide bonds. The van der Waals surface area contributed by atoms with Crippen molar-refractivity contribution >= 4 is 16.0 Å². The third-order valence-corrected chi connectivity index (χ3v) is 6.09.